The van der Waals surface area contributed by atoms with Crippen LogP contribution in [0.4, 0.5) is 5.82 Å². The predicted octanol–water partition coefficient (Wildman–Crippen LogP) is 1.59. The SMILES string of the molecule is CCc1nn(C)cc1CNc1cccc(C(=O)N2CCC[C@H]2CO)n1. The van der Waals surface area contributed by atoms with Gasteiger partial charge in [0.2, 0.25) is 0 Å². The molecule has 1 fully saturated rings. The number of anilines is 1. The van der Waals surface area contributed by atoms with Crippen molar-refractivity contribution in [2.24, 2.45) is 7.05 Å². The van der Waals surface area contributed by atoms with Crippen LogP contribution >= 0.6 is 0 Å². The molecule has 0 aliphatic carbocycles. The second-order valence-electron chi connectivity index (χ2n) is 6.37. The molecule has 1 amide bonds. The van der Waals surface area contributed by atoms with Crippen molar-refractivity contribution in [1.29, 1.82) is 0 Å². The third kappa shape index (κ3) is 3.82. The number of aryl methyl sites for hydroxylation is 2. The average Bonchev–Trinajstić information content (AvgIpc) is 3.25. The number of aliphatic hydroxyl groups is 1. The molecule has 2 aromatic rings. The second kappa shape index (κ2) is 7.65. The van der Waals surface area contributed by atoms with Crippen LogP contribution < -0.4 is 5.32 Å². The molecule has 2 aromatic heterocycles. The Hall–Kier alpha value is -2.41. The van der Waals surface area contributed by atoms with Gasteiger partial charge >= 0.3 is 0 Å². The highest BCUT2D eigenvalue weighted by molar-refractivity contribution is 5.93. The summed E-state index contributed by atoms with van der Waals surface area (Å²) >= 11 is 0. The van der Waals surface area contributed by atoms with Crippen LogP contribution in [0.5, 0.6) is 0 Å². The number of nitrogens with zero attached hydrogens (tertiary/aromatic N) is 4. The molecule has 3 heterocycles. The lowest BCUT2D eigenvalue weighted by atomic mass is 10.2. The number of carbonyl (C=O) groups is 1. The molecule has 2 N–H and O–H groups in total. The van der Waals surface area contributed by atoms with E-state index in [0.29, 0.717) is 24.6 Å². The van der Waals surface area contributed by atoms with Crippen LogP contribution in [0.3, 0.4) is 0 Å². The highest BCUT2D eigenvalue weighted by Gasteiger charge is 2.29. The van der Waals surface area contributed by atoms with Gasteiger partial charge in [0.25, 0.3) is 5.91 Å². The number of likely N-dealkylation sites (tertiary alicyclic amines) is 1. The van der Waals surface area contributed by atoms with E-state index in [2.05, 4.69) is 22.3 Å². The van der Waals surface area contributed by atoms with Crippen LogP contribution in [0.15, 0.2) is 24.4 Å². The van der Waals surface area contributed by atoms with Gasteiger partial charge in [-0.15, -0.1) is 0 Å². The highest BCUT2D eigenvalue weighted by Crippen LogP contribution is 2.20. The maximum absolute atomic E-state index is 12.7. The van der Waals surface area contributed by atoms with Gasteiger partial charge < -0.3 is 15.3 Å². The summed E-state index contributed by atoms with van der Waals surface area (Å²) in [5.41, 5.74) is 2.60. The van der Waals surface area contributed by atoms with Gasteiger partial charge in [0.1, 0.15) is 11.5 Å². The first-order chi connectivity index (χ1) is 12.1. The second-order valence-corrected chi connectivity index (χ2v) is 6.37. The van der Waals surface area contributed by atoms with Crippen molar-refractivity contribution in [3.63, 3.8) is 0 Å². The Bertz CT molecular complexity index is 743. The van der Waals surface area contributed by atoms with Crippen molar-refractivity contribution < 1.29 is 9.90 Å². The van der Waals surface area contributed by atoms with E-state index < -0.39 is 0 Å². The van der Waals surface area contributed by atoms with E-state index in [1.54, 1.807) is 11.0 Å². The van der Waals surface area contributed by atoms with Gasteiger partial charge in [-0.25, -0.2) is 4.98 Å². The van der Waals surface area contributed by atoms with Gasteiger partial charge in [0, 0.05) is 31.9 Å². The van der Waals surface area contributed by atoms with Gasteiger partial charge in [0.05, 0.1) is 18.3 Å². The first-order valence-electron chi connectivity index (χ1n) is 8.76. The number of rotatable bonds is 6. The van der Waals surface area contributed by atoms with Crippen LogP contribution in [0, 0.1) is 0 Å². The van der Waals surface area contributed by atoms with Crippen molar-refractivity contribution in [3.05, 3.63) is 41.3 Å². The molecule has 0 spiro atoms. The molecule has 0 saturated carbocycles. The molecule has 1 atom stereocenters. The topological polar surface area (TPSA) is 83.3 Å². The molecule has 0 aromatic carbocycles. The molecule has 7 heteroatoms. The Labute approximate surface area is 147 Å². The summed E-state index contributed by atoms with van der Waals surface area (Å²) in [6, 6.07) is 5.32. The van der Waals surface area contributed by atoms with E-state index in [-0.39, 0.29) is 18.6 Å². The fraction of sp³-hybridized carbons (Fsp3) is 0.500. The van der Waals surface area contributed by atoms with Crippen molar-refractivity contribution in [1.82, 2.24) is 19.7 Å². The van der Waals surface area contributed by atoms with Crippen LogP contribution in [0.25, 0.3) is 0 Å². The molecule has 134 valence electrons. The summed E-state index contributed by atoms with van der Waals surface area (Å²) in [6.07, 6.45) is 4.65. The standard InChI is InChI=1S/C18H25N5O2/c1-3-15-13(11-22(2)21-15)10-19-17-8-4-7-16(20-17)18(25)23-9-5-6-14(23)12-24/h4,7-8,11,14,24H,3,5-6,9-10,12H2,1-2H3,(H,19,20)/t14-/m0/s1. The summed E-state index contributed by atoms with van der Waals surface area (Å²) < 4.78 is 1.81. The minimum atomic E-state index is -0.115. The van der Waals surface area contributed by atoms with E-state index in [0.717, 1.165) is 30.5 Å². The Morgan fingerprint density at radius 3 is 3.04 bits per heavy atom. The van der Waals surface area contributed by atoms with Crippen molar-refractivity contribution in [2.75, 3.05) is 18.5 Å². The normalized spacial score (nSPS) is 17.1. The van der Waals surface area contributed by atoms with E-state index in [9.17, 15) is 9.90 Å². The third-order valence-electron chi connectivity index (χ3n) is 4.60. The Morgan fingerprint density at radius 2 is 2.28 bits per heavy atom. The molecule has 7 nitrogen and oxygen atoms in total. The number of pyridine rings is 1. The number of aromatic nitrogens is 3. The summed E-state index contributed by atoms with van der Waals surface area (Å²) in [5.74, 6) is 0.548. The lowest BCUT2D eigenvalue weighted by molar-refractivity contribution is 0.0672. The van der Waals surface area contributed by atoms with Gasteiger partial charge in [-0.3, -0.25) is 9.48 Å². The van der Waals surface area contributed by atoms with Gasteiger partial charge in [-0.2, -0.15) is 5.10 Å². The third-order valence-corrected chi connectivity index (χ3v) is 4.60. The molecule has 1 saturated heterocycles. The molecule has 0 unspecified atom stereocenters. The summed E-state index contributed by atoms with van der Waals surface area (Å²) in [7, 11) is 1.91. The molecule has 0 bridgehead atoms. The molecule has 25 heavy (non-hydrogen) atoms. The number of amides is 1. The predicted molar refractivity (Wildman–Crippen MR) is 95.3 cm³/mol. The fourth-order valence-electron chi connectivity index (χ4n) is 3.31. The van der Waals surface area contributed by atoms with Crippen LogP contribution in [0.1, 0.15) is 41.5 Å². The zero-order valence-electron chi connectivity index (χ0n) is 14.8. The zero-order valence-corrected chi connectivity index (χ0v) is 14.8. The highest BCUT2D eigenvalue weighted by atomic mass is 16.3. The molecule has 3 rings (SSSR count). The summed E-state index contributed by atoms with van der Waals surface area (Å²) in [4.78, 5) is 18.8. The fourth-order valence-corrected chi connectivity index (χ4v) is 3.31. The Kier molecular flexibility index (Phi) is 5.33. The van der Waals surface area contributed by atoms with Crippen LogP contribution in [-0.4, -0.2) is 49.9 Å². The van der Waals surface area contributed by atoms with Gasteiger partial charge in [-0.05, 0) is 31.4 Å². The number of hydrogen-bond donors (Lipinski definition) is 2. The Morgan fingerprint density at radius 1 is 1.44 bits per heavy atom. The monoisotopic (exact) mass is 343 g/mol. The average molecular weight is 343 g/mol. The van der Waals surface area contributed by atoms with E-state index >= 15 is 0 Å². The van der Waals surface area contributed by atoms with E-state index in [1.165, 1.54) is 0 Å². The lowest BCUT2D eigenvalue weighted by Crippen LogP contribution is -2.38. The zero-order chi connectivity index (χ0) is 17.8. The summed E-state index contributed by atoms with van der Waals surface area (Å²) in [5, 5.41) is 17.1. The number of nitrogens with one attached hydrogen (secondary N) is 1. The van der Waals surface area contributed by atoms with E-state index in [1.807, 2.05) is 30.1 Å². The van der Waals surface area contributed by atoms with Gasteiger partial charge in [-0.1, -0.05) is 13.0 Å². The van der Waals surface area contributed by atoms with Crippen molar-refractivity contribution >= 4 is 11.7 Å². The largest absolute Gasteiger partial charge is 0.394 e. The summed E-state index contributed by atoms with van der Waals surface area (Å²) in [6.45, 7) is 3.38. The molecular formula is C18H25N5O2. The molecule has 1 aliphatic rings. The quantitative estimate of drug-likeness (QED) is 0.832. The van der Waals surface area contributed by atoms with Crippen LogP contribution in [0.2, 0.25) is 0 Å². The molecule has 1 aliphatic heterocycles. The van der Waals surface area contributed by atoms with Crippen LogP contribution in [-0.2, 0) is 20.0 Å². The first kappa shape index (κ1) is 17.4. The van der Waals surface area contributed by atoms with Crippen molar-refractivity contribution in [2.45, 2.75) is 38.8 Å². The number of carbonyl (C=O) groups excluding carboxylic acids is 1. The van der Waals surface area contributed by atoms with Crippen molar-refractivity contribution in [3.8, 4) is 0 Å². The minimum absolute atomic E-state index is 0.00445. The number of aliphatic hydroxyl groups excluding tert-OH is 1. The first-order valence-corrected chi connectivity index (χ1v) is 8.76. The maximum Gasteiger partial charge on any atom is 0.272 e. The smallest absolute Gasteiger partial charge is 0.272 e. The van der Waals surface area contributed by atoms with E-state index in [4.69, 9.17) is 0 Å². The number of hydrogen-bond acceptors (Lipinski definition) is 5. The van der Waals surface area contributed by atoms with Gasteiger partial charge in [0.15, 0.2) is 0 Å². The molecular weight excluding hydrogens is 318 g/mol. The maximum atomic E-state index is 12.7. The lowest BCUT2D eigenvalue weighted by Gasteiger charge is -2.22. The Balaban J connectivity index is 1.70. The minimum Gasteiger partial charge on any atom is -0.394 e. The molecule has 0 radical (unpaired) electrons.